The molecule has 0 radical (unpaired) electrons. The summed E-state index contributed by atoms with van der Waals surface area (Å²) in [5.74, 6) is 1.66. The van der Waals surface area contributed by atoms with E-state index in [9.17, 15) is 0 Å². The van der Waals surface area contributed by atoms with Gasteiger partial charge >= 0.3 is 0 Å². The summed E-state index contributed by atoms with van der Waals surface area (Å²) in [6.45, 7) is 5.86. The van der Waals surface area contributed by atoms with E-state index in [2.05, 4.69) is 61.8 Å². The van der Waals surface area contributed by atoms with Gasteiger partial charge in [0.1, 0.15) is 12.2 Å². The second-order valence-corrected chi connectivity index (χ2v) is 6.78. The maximum absolute atomic E-state index is 4.34. The van der Waals surface area contributed by atoms with Crippen molar-refractivity contribution in [3.63, 3.8) is 0 Å². The van der Waals surface area contributed by atoms with Crippen molar-refractivity contribution >= 4 is 5.96 Å². The van der Waals surface area contributed by atoms with Gasteiger partial charge in [-0.15, -0.1) is 0 Å². The van der Waals surface area contributed by atoms with Crippen molar-refractivity contribution in [2.45, 2.75) is 32.4 Å². The number of hydrogen-bond donors (Lipinski definition) is 2. The number of aryl methyl sites for hydroxylation is 2. The Morgan fingerprint density at radius 2 is 1.92 bits per heavy atom. The molecule has 1 unspecified atom stereocenters. The van der Waals surface area contributed by atoms with Crippen LogP contribution in [0, 0.1) is 6.92 Å². The van der Waals surface area contributed by atoms with Gasteiger partial charge in [-0.2, -0.15) is 5.10 Å². The minimum atomic E-state index is 0.353. The van der Waals surface area contributed by atoms with Gasteiger partial charge in [-0.3, -0.25) is 14.6 Å². The molecule has 1 atom stereocenters. The quantitative estimate of drug-likeness (QED) is 0.609. The number of aromatic nitrogens is 3. The number of nitrogens with one attached hydrogen (secondary N) is 2. The first kappa shape index (κ1) is 18.4. The number of guanidine groups is 1. The molecule has 0 spiro atoms. The molecule has 3 rings (SSSR count). The number of rotatable bonds is 6. The van der Waals surface area contributed by atoms with E-state index in [0.717, 1.165) is 31.4 Å². The van der Waals surface area contributed by atoms with Crippen molar-refractivity contribution in [2.24, 2.45) is 12.0 Å². The molecule has 26 heavy (non-hydrogen) atoms. The zero-order valence-electron chi connectivity index (χ0n) is 15.9. The highest BCUT2D eigenvalue weighted by Crippen LogP contribution is 2.24. The third kappa shape index (κ3) is 4.60. The lowest BCUT2D eigenvalue weighted by molar-refractivity contribution is 0.245. The van der Waals surface area contributed by atoms with E-state index in [1.54, 1.807) is 18.1 Å². The monoisotopic (exact) mass is 355 g/mol. The third-order valence-corrected chi connectivity index (χ3v) is 4.95. The summed E-state index contributed by atoms with van der Waals surface area (Å²) in [6.07, 6.45) is 4.12. The van der Waals surface area contributed by atoms with Gasteiger partial charge in [-0.05, 0) is 38.4 Å². The van der Waals surface area contributed by atoms with Crippen molar-refractivity contribution in [3.05, 3.63) is 47.5 Å². The predicted molar refractivity (Wildman–Crippen MR) is 104 cm³/mol. The molecular weight excluding hydrogens is 326 g/mol. The van der Waals surface area contributed by atoms with Gasteiger partial charge in [-0.1, -0.05) is 29.8 Å². The fraction of sp³-hybridized carbons (Fsp3) is 0.526. The Morgan fingerprint density at radius 3 is 2.54 bits per heavy atom. The molecular formula is C19H29N7. The predicted octanol–water partition coefficient (Wildman–Crippen LogP) is 1.63. The molecule has 1 aliphatic rings. The number of nitrogens with zero attached hydrogens (tertiary/aromatic N) is 5. The summed E-state index contributed by atoms with van der Waals surface area (Å²) in [7, 11) is 3.68. The minimum absolute atomic E-state index is 0.353. The van der Waals surface area contributed by atoms with E-state index in [4.69, 9.17) is 0 Å². The highest BCUT2D eigenvalue weighted by molar-refractivity contribution is 5.79. The normalized spacial score (nSPS) is 16.7. The van der Waals surface area contributed by atoms with E-state index >= 15 is 0 Å². The summed E-state index contributed by atoms with van der Waals surface area (Å²) in [5, 5.41) is 10.9. The van der Waals surface area contributed by atoms with E-state index in [1.807, 2.05) is 7.05 Å². The van der Waals surface area contributed by atoms with Gasteiger partial charge in [0.2, 0.25) is 0 Å². The average Bonchev–Trinajstić information content (AvgIpc) is 3.31. The molecule has 2 heterocycles. The highest BCUT2D eigenvalue weighted by Gasteiger charge is 2.23. The number of hydrogen-bond acceptors (Lipinski definition) is 4. The molecule has 0 bridgehead atoms. The van der Waals surface area contributed by atoms with Crippen LogP contribution in [0.15, 0.2) is 35.6 Å². The third-order valence-electron chi connectivity index (χ3n) is 4.95. The Morgan fingerprint density at radius 1 is 1.19 bits per heavy atom. The maximum atomic E-state index is 4.34. The molecule has 1 aromatic heterocycles. The molecule has 1 aliphatic heterocycles. The Balaban J connectivity index is 1.62. The van der Waals surface area contributed by atoms with Crippen molar-refractivity contribution in [2.75, 3.05) is 26.7 Å². The van der Waals surface area contributed by atoms with Crippen LogP contribution in [0.2, 0.25) is 0 Å². The van der Waals surface area contributed by atoms with Crippen LogP contribution >= 0.6 is 0 Å². The Kier molecular flexibility index (Phi) is 6.22. The number of likely N-dealkylation sites (tertiary alicyclic amines) is 1. The molecule has 140 valence electrons. The zero-order valence-corrected chi connectivity index (χ0v) is 15.9. The van der Waals surface area contributed by atoms with Crippen LogP contribution in [-0.4, -0.2) is 52.3 Å². The first-order chi connectivity index (χ1) is 12.7. The van der Waals surface area contributed by atoms with Crippen molar-refractivity contribution in [1.29, 1.82) is 0 Å². The van der Waals surface area contributed by atoms with Gasteiger partial charge in [0.15, 0.2) is 5.96 Å². The largest absolute Gasteiger partial charge is 0.354 e. The van der Waals surface area contributed by atoms with Crippen LogP contribution < -0.4 is 10.6 Å². The Hall–Kier alpha value is -2.41. The van der Waals surface area contributed by atoms with Gasteiger partial charge in [-0.25, -0.2) is 4.98 Å². The smallest absolute Gasteiger partial charge is 0.191 e. The van der Waals surface area contributed by atoms with Crippen LogP contribution in [0.5, 0.6) is 0 Å². The minimum Gasteiger partial charge on any atom is -0.354 e. The summed E-state index contributed by atoms with van der Waals surface area (Å²) in [5.41, 5.74) is 2.65. The molecule has 0 saturated carbocycles. The first-order valence-corrected chi connectivity index (χ1v) is 9.25. The molecule has 1 fully saturated rings. The van der Waals surface area contributed by atoms with Gasteiger partial charge in [0, 0.05) is 20.6 Å². The van der Waals surface area contributed by atoms with Gasteiger partial charge in [0.05, 0.1) is 12.6 Å². The fourth-order valence-corrected chi connectivity index (χ4v) is 3.36. The van der Waals surface area contributed by atoms with Crippen molar-refractivity contribution in [1.82, 2.24) is 30.3 Å². The summed E-state index contributed by atoms with van der Waals surface area (Å²) < 4.78 is 1.76. The average molecular weight is 355 g/mol. The van der Waals surface area contributed by atoms with Crippen LogP contribution in [0.25, 0.3) is 0 Å². The van der Waals surface area contributed by atoms with E-state index in [-0.39, 0.29) is 0 Å². The van der Waals surface area contributed by atoms with E-state index in [1.165, 1.54) is 24.0 Å². The van der Waals surface area contributed by atoms with Crippen LogP contribution in [-0.2, 0) is 13.6 Å². The second kappa shape index (κ2) is 8.80. The number of benzene rings is 1. The lowest BCUT2D eigenvalue weighted by Crippen LogP contribution is -2.42. The second-order valence-electron chi connectivity index (χ2n) is 6.78. The van der Waals surface area contributed by atoms with E-state index < -0.39 is 0 Å². The summed E-state index contributed by atoms with van der Waals surface area (Å²) in [6, 6.07) is 9.23. The SMILES string of the molecule is CN=C(NCc1ncnn1C)NCC(c1ccc(C)cc1)N1CCCC1. The van der Waals surface area contributed by atoms with Crippen molar-refractivity contribution in [3.8, 4) is 0 Å². The van der Waals surface area contributed by atoms with Gasteiger partial charge in [0.25, 0.3) is 0 Å². The zero-order chi connectivity index (χ0) is 18.4. The summed E-state index contributed by atoms with van der Waals surface area (Å²) in [4.78, 5) is 11.1. The number of aliphatic imine (C=N–C) groups is 1. The van der Waals surface area contributed by atoms with Crippen LogP contribution in [0.1, 0.15) is 35.8 Å². The molecule has 1 saturated heterocycles. The van der Waals surface area contributed by atoms with E-state index in [0.29, 0.717) is 12.6 Å². The lowest BCUT2D eigenvalue weighted by Gasteiger charge is -2.29. The Labute approximate surface area is 155 Å². The fourth-order valence-electron chi connectivity index (χ4n) is 3.36. The topological polar surface area (TPSA) is 70.4 Å². The molecule has 7 nitrogen and oxygen atoms in total. The van der Waals surface area contributed by atoms with Crippen molar-refractivity contribution < 1.29 is 0 Å². The maximum Gasteiger partial charge on any atom is 0.191 e. The van der Waals surface area contributed by atoms with Crippen LogP contribution in [0.4, 0.5) is 0 Å². The molecule has 0 aliphatic carbocycles. The summed E-state index contributed by atoms with van der Waals surface area (Å²) >= 11 is 0. The first-order valence-electron chi connectivity index (χ1n) is 9.25. The molecule has 2 aromatic rings. The molecule has 2 N–H and O–H groups in total. The molecule has 7 heteroatoms. The van der Waals surface area contributed by atoms with Gasteiger partial charge < -0.3 is 10.6 Å². The standard InChI is InChI=1S/C19H29N7/c1-15-6-8-16(9-7-15)17(26-10-4-5-11-26)12-21-19(20-2)22-13-18-23-14-24-25(18)3/h6-9,14,17H,4-5,10-13H2,1-3H3,(H2,20,21,22). The van der Waals surface area contributed by atoms with Crippen LogP contribution in [0.3, 0.4) is 0 Å². The highest BCUT2D eigenvalue weighted by atomic mass is 15.3. The molecule has 0 amide bonds. The lowest BCUT2D eigenvalue weighted by atomic mass is 10.0. The Bertz CT molecular complexity index is 714. The molecule has 1 aromatic carbocycles.